The van der Waals surface area contributed by atoms with Crippen LogP contribution in [0.3, 0.4) is 0 Å². The lowest BCUT2D eigenvalue weighted by Gasteiger charge is -2.23. The number of para-hydroxylation sites is 2. The molecule has 28 heavy (non-hydrogen) atoms. The SMILES string of the molecule is COCCn1c(=NC(=O)C2COc3ccccc3O2)sc2cc(F)cc(F)c21. The fourth-order valence-electron chi connectivity index (χ4n) is 2.91. The number of carbonyl (C=O) groups excluding carboxylic acids is 1. The maximum Gasteiger partial charge on any atom is 0.292 e. The molecule has 2 aromatic carbocycles. The van der Waals surface area contributed by atoms with Crippen molar-refractivity contribution in [1.82, 2.24) is 4.57 Å². The van der Waals surface area contributed by atoms with Gasteiger partial charge in [0.25, 0.3) is 5.91 Å². The number of halogens is 2. The number of nitrogens with zero attached hydrogens (tertiary/aromatic N) is 2. The summed E-state index contributed by atoms with van der Waals surface area (Å²) in [7, 11) is 1.51. The first-order valence-corrected chi connectivity index (χ1v) is 9.33. The maximum atomic E-state index is 14.3. The fraction of sp³-hybridized carbons (Fsp3) is 0.263. The zero-order valence-corrected chi connectivity index (χ0v) is 15.7. The first-order valence-electron chi connectivity index (χ1n) is 8.51. The third-order valence-corrected chi connectivity index (χ3v) is 5.23. The smallest absolute Gasteiger partial charge is 0.292 e. The number of rotatable bonds is 4. The van der Waals surface area contributed by atoms with Crippen molar-refractivity contribution in [2.45, 2.75) is 12.6 Å². The van der Waals surface area contributed by atoms with Crippen LogP contribution in [0.15, 0.2) is 41.4 Å². The van der Waals surface area contributed by atoms with Crippen LogP contribution in [0.5, 0.6) is 11.5 Å². The molecule has 1 atom stereocenters. The number of fused-ring (bicyclic) bond motifs is 2. The third-order valence-electron chi connectivity index (χ3n) is 4.20. The Balaban J connectivity index is 1.72. The molecule has 146 valence electrons. The molecule has 4 rings (SSSR count). The Kier molecular flexibility index (Phi) is 5.10. The molecular formula is C19H16F2N2O4S. The Morgan fingerprint density at radius 3 is 2.89 bits per heavy atom. The minimum Gasteiger partial charge on any atom is -0.485 e. The van der Waals surface area contributed by atoms with E-state index in [1.807, 2.05) is 0 Å². The second kappa shape index (κ2) is 7.69. The second-order valence-corrected chi connectivity index (χ2v) is 7.09. The van der Waals surface area contributed by atoms with Gasteiger partial charge in [-0.2, -0.15) is 4.99 Å². The molecule has 0 aliphatic carbocycles. The lowest BCUT2D eigenvalue weighted by molar-refractivity contribution is -0.127. The minimum absolute atomic E-state index is 0.0191. The minimum atomic E-state index is -0.919. The number of hydrogen-bond donors (Lipinski definition) is 0. The van der Waals surface area contributed by atoms with Crippen LogP contribution in [0.1, 0.15) is 0 Å². The molecule has 1 aromatic heterocycles. The van der Waals surface area contributed by atoms with Crippen molar-refractivity contribution >= 4 is 27.5 Å². The predicted octanol–water partition coefficient (Wildman–Crippen LogP) is 2.89. The first kappa shape index (κ1) is 18.6. The zero-order valence-electron chi connectivity index (χ0n) is 14.9. The largest absolute Gasteiger partial charge is 0.485 e. The highest BCUT2D eigenvalue weighted by molar-refractivity contribution is 7.16. The van der Waals surface area contributed by atoms with Gasteiger partial charge in [-0.05, 0) is 18.2 Å². The van der Waals surface area contributed by atoms with Crippen LogP contribution in [0.2, 0.25) is 0 Å². The van der Waals surface area contributed by atoms with Gasteiger partial charge >= 0.3 is 0 Å². The molecule has 0 fully saturated rings. The van der Waals surface area contributed by atoms with Gasteiger partial charge in [0, 0.05) is 19.7 Å². The van der Waals surface area contributed by atoms with Crippen molar-refractivity contribution in [3.05, 3.63) is 52.8 Å². The summed E-state index contributed by atoms with van der Waals surface area (Å²) >= 11 is 1.02. The van der Waals surface area contributed by atoms with Gasteiger partial charge < -0.3 is 18.8 Å². The van der Waals surface area contributed by atoms with E-state index in [0.717, 1.165) is 17.4 Å². The van der Waals surface area contributed by atoms with Crippen molar-refractivity contribution in [2.75, 3.05) is 20.3 Å². The molecule has 9 heteroatoms. The topological polar surface area (TPSA) is 62.1 Å². The summed E-state index contributed by atoms with van der Waals surface area (Å²) in [5.74, 6) is -0.959. The average molecular weight is 406 g/mol. The molecule has 0 N–H and O–H groups in total. The highest BCUT2D eigenvalue weighted by Gasteiger charge is 2.27. The van der Waals surface area contributed by atoms with Crippen molar-refractivity contribution in [1.29, 1.82) is 0 Å². The van der Waals surface area contributed by atoms with Gasteiger partial charge in [-0.1, -0.05) is 23.5 Å². The van der Waals surface area contributed by atoms with Crippen LogP contribution in [-0.2, 0) is 16.1 Å². The molecule has 0 saturated carbocycles. The van der Waals surface area contributed by atoms with Crippen molar-refractivity contribution in [3.63, 3.8) is 0 Å². The molecule has 0 saturated heterocycles. The number of thiazole rings is 1. The second-order valence-electron chi connectivity index (χ2n) is 6.08. The zero-order chi connectivity index (χ0) is 19.7. The molecular weight excluding hydrogens is 390 g/mol. The summed E-state index contributed by atoms with van der Waals surface area (Å²) in [4.78, 5) is 17.0. The van der Waals surface area contributed by atoms with E-state index < -0.39 is 23.6 Å². The number of ether oxygens (including phenoxy) is 3. The van der Waals surface area contributed by atoms with E-state index in [1.165, 1.54) is 17.7 Å². The predicted molar refractivity (Wildman–Crippen MR) is 98.5 cm³/mol. The first-order chi connectivity index (χ1) is 13.6. The van der Waals surface area contributed by atoms with Crippen LogP contribution in [0, 0.1) is 11.6 Å². The maximum absolute atomic E-state index is 14.3. The van der Waals surface area contributed by atoms with E-state index in [1.54, 1.807) is 24.3 Å². The summed E-state index contributed by atoms with van der Waals surface area (Å²) < 4.78 is 46.1. The third kappa shape index (κ3) is 3.50. The van der Waals surface area contributed by atoms with Crippen molar-refractivity contribution in [2.24, 2.45) is 4.99 Å². The molecule has 0 bridgehead atoms. The van der Waals surface area contributed by atoms with Gasteiger partial charge in [0.15, 0.2) is 22.1 Å². The summed E-state index contributed by atoms with van der Waals surface area (Å²) in [6.45, 7) is 0.557. The lowest BCUT2D eigenvalue weighted by Crippen LogP contribution is -2.37. The van der Waals surface area contributed by atoms with Gasteiger partial charge in [0.2, 0.25) is 6.10 Å². The molecule has 1 aliphatic rings. The summed E-state index contributed by atoms with van der Waals surface area (Å²) in [6, 6.07) is 9.04. The molecule has 0 spiro atoms. The fourth-order valence-corrected chi connectivity index (χ4v) is 4.01. The standard InChI is InChI=1S/C19H16F2N2O4S/c1-25-7-6-23-17-12(21)8-11(20)9-16(17)28-19(23)22-18(24)15-10-26-13-4-2-3-5-14(13)27-15/h2-5,8-9,15H,6-7,10H2,1H3. The normalized spacial score (nSPS) is 16.5. The monoisotopic (exact) mass is 406 g/mol. The number of hydrogen-bond acceptors (Lipinski definition) is 5. The highest BCUT2D eigenvalue weighted by atomic mass is 32.1. The van der Waals surface area contributed by atoms with Crippen LogP contribution >= 0.6 is 11.3 Å². The quantitative estimate of drug-likeness (QED) is 0.669. The summed E-state index contributed by atoms with van der Waals surface area (Å²) in [5.41, 5.74) is 0.182. The molecule has 0 radical (unpaired) electrons. The lowest BCUT2D eigenvalue weighted by atomic mass is 10.2. The number of methoxy groups -OCH3 is 1. The highest BCUT2D eigenvalue weighted by Crippen LogP contribution is 2.31. The number of amides is 1. The Hall–Kier alpha value is -2.78. The molecule has 3 aromatic rings. The molecule has 6 nitrogen and oxygen atoms in total. The van der Waals surface area contributed by atoms with Crippen LogP contribution < -0.4 is 14.3 Å². The van der Waals surface area contributed by atoms with E-state index in [0.29, 0.717) is 16.2 Å². The Morgan fingerprint density at radius 2 is 2.11 bits per heavy atom. The van der Waals surface area contributed by atoms with E-state index in [2.05, 4.69) is 4.99 Å². The van der Waals surface area contributed by atoms with E-state index in [-0.39, 0.29) is 30.1 Å². The van der Waals surface area contributed by atoms with Gasteiger partial charge in [0.1, 0.15) is 12.4 Å². The summed E-state index contributed by atoms with van der Waals surface area (Å²) in [5, 5.41) is 0. The van der Waals surface area contributed by atoms with Gasteiger partial charge in [-0.3, -0.25) is 4.79 Å². The summed E-state index contributed by atoms with van der Waals surface area (Å²) in [6.07, 6.45) is -0.919. The molecule has 2 heterocycles. The number of benzene rings is 2. The Bertz CT molecular complexity index is 1110. The van der Waals surface area contributed by atoms with Crippen molar-refractivity contribution < 1.29 is 27.8 Å². The van der Waals surface area contributed by atoms with Crippen LogP contribution in [0.25, 0.3) is 10.2 Å². The molecule has 1 aliphatic heterocycles. The Morgan fingerprint density at radius 1 is 1.32 bits per heavy atom. The van der Waals surface area contributed by atoms with E-state index in [4.69, 9.17) is 14.2 Å². The molecule has 1 amide bonds. The number of carbonyl (C=O) groups is 1. The van der Waals surface area contributed by atoms with Crippen LogP contribution in [-0.4, -0.2) is 36.9 Å². The van der Waals surface area contributed by atoms with Gasteiger partial charge in [-0.15, -0.1) is 0 Å². The van der Waals surface area contributed by atoms with Gasteiger partial charge in [0.05, 0.1) is 16.8 Å². The van der Waals surface area contributed by atoms with Gasteiger partial charge in [-0.25, -0.2) is 8.78 Å². The average Bonchev–Trinajstić information content (AvgIpc) is 3.02. The van der Waals surface area contributed by atoms with E-state index >= 15 is 0 Å². The number of aromatic nitrogens is 1. The Labute approximate surface area is 162 Å². The van der Waals surface area contributed by atoms with Crippen LogP contribution in [0.4, 0.5) is 8.78 Å². The van der Waals surface area contributed by atoms with E-state index in [9.17, 15) is 13.6 Å². The van der Waals surface area contributed by atoms with Crippen molar-refractivity contribution in [3.8, 4) is 11.5 Å². The molecule has 1 unspecified atom stereocenters.